The largest absolute Gasteiger partial charge is 0.422 e. The van der Waals surface area contributed by atoms with Crippen molar-refractivity contribution in [3.05, 3.63) is 41.1 Å². The molecule has 0 saturated carbocycles. The first-order valence-corrected chi connectivity index (χ1v) is 6.37. The average Bonchev–Trinajstić information content (AvgIpc) is 2.92. The molecule has 2 rings (SSSR count). The Morgan fingerprint density at radius 1 is 1.12 bits per heavy atom. The fourth-order valence-corrected chi connectivity index (χ4v) is 1.86. The van der Waals surface area contributed by atoms with Crippen LogP contribution < -0.4 is 5.32 Å². The van der Waals surface area contributed by atoms with Gasteiger partial charge in [0.2, 0.25) is 5.91 Å². The minimum atomic E-state index is -5.64. The number of rotatable bonds is 3. The molecule has 1 N–H and O–H groups in total. The lowest BCUT2D eigenvalue weighted by Gasteiger charge is -2.15. The highest BCUT2D eigenvalue weighted by molar-refractivity contribution is 5.89. The van der Waals surface area contributed by atoms with Crippen molar-refractivity contribution in [3.63, 3.8) is 0 Å². The summed E-state index contributed by atoms with van der Waals surface area (Å²) in [5.41, 5.74) is -4.21. The molecule has 1 aromatic heterocycles. The second-order valence-corrected chi connectivity index (χ2v) is 4.51. The van der Waals surface area contributed by atoms with Crippen LogP contribution in [0.4, 0.5) is 36.6 Å². The van der Waals surface area contributed by atoms with Gasteiger partial charge >= 0.3 is 6.18 Å². The summed E-state index contributed by atoms with van der Waals surface area (Å²) in [6.07, 6.45) is -4.75. The number of nitrogens with one attached hydrogen (secondary N) is 1. The first-order valence-electron chi connectivity index (χ1n) is 6.37. The third-order valence-corrected chi connectivity index (χ3v) is 2.97. The molecule has 0 unspecified atom stereocenters. The van der Waals surface area contributed by atoms with Crippen LogP contribution in [0.15, 0.2) is 12.3 Å². The van der Waals surface area contributed by atoms with Crippen LogP contribution in [-0.2, 0) is 11.0 Å². The topological polar surface area (TPSA) is 46.9 Å². The number of carbonyl (C=O) groups excluding carboxylic acids is 1. The smallest absolute Gasteiger partial charge is 0.311 e. The summed E-state index contributed by atoms with van der Waals surface area (Å²) in [6, 6.07) is 1.04. The van der Waals surface area contributed by atoms with Crippen LogP contribution in [0.5, 0.6) is 0 Å². The number of amides is 1. The SMILES string of the molecule is CCC(=O)Nc1ccnn1-c1c(F)c(F)c(C(F)(F)F)c(F)c1F. The number of carbonyl (C=O) groups is 1. The second kappa shape index (κ2) is 6.13. The molecule has 0 aliphatic carbocycles. The zero-order chi connectivity index (χ0) is 18.2. The van der Waals surface area contributed by atoms with E-state index in [-0.39, 0.29) is 16.9 Å². The number of aromatic nitrogens is 2. The number of anilines is 1. The molecule has 0 radical (unpaired) electrons. The zero-order valence-corrected chi connectivity index (χ0v) is 11.8. The van der Waals surface area contributed by atoms with Crippen LogP contribution in [0.2, 0.25) is 0 Å². The van der Waals surface area contributed by atoms with Crippen molar-refractivity contribution in [1.29, 1.82) is 0 Å². The van der Waals surface area contributed by atoms with E-state index in [1.54, 1.807) is 0 Å². The first-order chi connectivity index (χ1) is 11.1. The van der Waals surface area contributed by atoms with Gasteiger partial charge in [-0.25, -0.2) is 22.2 Å². The van der Waals surface area contributed by atoms with Gasteiger partial charge in [-0.1, -0.05) is 6.92 Å². The Hall–Kier alpha value is -2.59. The molecule has 4 nitrogen and oxygen atoms in total. The molecule has 0 saturated heterocycles. The molecule has 130 valence electrons. The molecule has 0 fully saturated rings. The van der Waals surface area contributed by atoms with Gasteiger partial charge in [0.05, 0.1) is 6.20 Å². The molecule has 1 amide bonds. The quantitative estimate of drug-likeness (QED) is 0.673. The molecule has 0 spiro atoms. The van der Waals surface area contributed by atoms with Crippen LogP contribution in [0.3, 0.4) is 0 Å². The Kier molecular flexibility index (Phi) is 4.54. The Morgan fingerprint density at radius 2 is 1.67 bits per heavy atom. The normalized spacial score (nSPS) is 11.7. The average molecular weight is 355 g/mol. The highest BCUT2D eigenvalue weighted by atomic mass is 19.4. The van der Waals surface area contributed by atoms with Crippen molar-refractivity contribution in [1.82, 2.24) is 9.78 Å². The Balaban J connectivity index is 2.71. The molecule has 0 aliphatic heterocycles. The van der Waals surface area contributed by atoms with Crippen LogP contribution in [0.25, 0.3) is 5.69 Å². The third kappa shape index (κ3) is 2.93. The van der Waals surface area contributed by atoms with Gasteiger partial charge in [-0.2, -0.15) is 18.3 Å². The van der Waals surface area contributed by atoms with Gasteiger partial charge in [-0.3, -0.25) is 4.79 Å². The highest BCUT2D eigenvalue weighted by Crippen LogP contribution is 2.38. The van der Waals surface area contributed by atoms with Gasteiger partial charge < -0.3 is 5.32 Å². The van der Waals surface area contributed by atoms with Crippen LogP contribution in [0, 0.1) is 23.3 Å². The van der Waals surface area contributed by atoms with E-state index in [9.17, 15) is 35.5 Å². The van der Waals surface area contributed by atoms with Gasteiger partial charge in [0, 0.05) is 12.5 Å². The number of alkyl halides is 3. The summed E-state index contributed by atoms with van der Waals surface area (Å²) in [6.45, 7) is 1.45. The van der Waals surface area contributed by atoms with Gasteiger partial charge in [-0.05, 0) is 0 Å². The highest BCUT2D eigenvalue weighted by Gasteiger charge is 2.43. The minimum absolute atomic E-state index is 0.0358. The van der Waals surface area contributed by atoms with Crippen molar-refractivity contribution < 1.29 is 35.5 Å². The predicted octanol–water partition coefficient (Wildman–Crippen LogP) is 3.80. The maximum absolute atomic E-state index is 13.9. The summed E-state index contributed by atoms with van der Waals surface area (Å²) in [4.78, 5) is 11.3. The first kappa shape index (κ1) is 17.8. The lowest BCUT2D eigenvalue weighted by molar-refractivity contribution is -0.143. The summed E-state index contributed by atoms with van der Waals surface area (Å²) < 4.78 is 93.0. The molecule has 0 aliphatic rings. The maximum Gasteiger partial charge on any atom is 0.422 e. The van der Waals surface area contributed by atoms with E-state index < -0.39 is 46.6 Å². The molecule has 24 heavy (non-hydrogen) atoms. The number of hydrogen-bond acceptors (Lipinski definition) is 2. The summed E-state index contributed by atoms with van der Waals surface area (Å²) in [7, 11) is 0. The van der Waals surface area contributed by atoms with Crippen molar-refractivity contribution >= 4 is 11.7 Å². The van der Waals surface area contributed by atoms with E-state index in [0.29, 0.717) is 0 Å². The van der Waals surface area contributed by atoms with Crippen molar-refractivity contribution in [2.45, 2.75) is 19.5 Å². The van der Waals surface area contributed by atoms with Crippen molar-refractivity contribution in [3.8, 4) is 5.69 Å². The Bertz CT molecular complexity index is 769. The van der Waals surface area contributed by atoms with E-state index in [0.717, 1.165) is 12.3 Å². The molecule has 1 heterocycles. The molecular formula is C13H8F7N3O. The van der Waals surface area contributed by atoms with Crippen molar-refractivity contribution in [2.75, 3.05) is 5.32 Å². The molecule has 11 heteroatoms. The fourth-order valence-electron chi connectivity index (χ4n) is 1.86. The minimum Gasteiger partial charge on any atom is -0.311 e. The van der Waals surface area contributed by atoms with E-state index in [4.69, 9.17) is 0 Å². The molecule has 0 atom stereocenters. The molecule has 2 aromatic rings. The number of nitrogens with zero attached hydrogens (tertiary/aromatic N) is 2. The standard InChI is InChI=1S/C13H8F7N3O/c1-2-6(24)22-5-3-4-21-23(5)12-10(16)8(14)7(13(18,19)20)9(15)11(12)17/h3-4H,2H2,1H3,(H,22,24). The van der Waals surface area contributed by atoms with Crippen LogP contribution in [-0.4, -0.2) is 15.7 Å². The van der Waals surface area contributed by atoms with Crippen molar-refractivity contribution in [2.24, 2.45) is 0 Å². The van der Waals surface area contributed by atoms with Gasteiger partial charge in [-0.15, -0.1) is 0 Å². The second-order valence-electron chi connectivity index (χ2n) is 4.51. The summed E-state index contributed by atoms with van der Waals surface area (Å²) in [5, 5.41) is 5.51. The lowest BCUT2D eigenvalue weighted by atomic mass is 10.1. The van der Waals surface area contributed by atoms with E-state index in [1.165, 1.54) is 6.92 Å². The Morgan fingerprint density at radius 3 is 2.12 bits per heavy atom. The molecule has 0 bridgehead atoms. The number of benzene rings is 1. The monoisotopic (exact) mass is 355 g/mol. The predicted molar refractivity (Wildman–Crippen MR) is 67.3 cm³/mol. The molecule has 1 aromatic carbocycles. The fraction of sp³-hybridized carbons (Fsp3) is 0.231. The zero-order valence-electron chi connectivity index (χ0n) is 11.8. The number of hydrogen-bond donors (Lipinski definition) is 1. The third-order valence-electron chi connectivity index (χ3n) is 2.97. The van der Waals surface area contributed by atoms with Crippen LogP contribution >= 0.6 is 0 Å². The van der Waals surface area contributed by atoms with Gasteiger partial charge in [0.25, 0.3) is 0 Å². The van der Waals surface area contributed by atoms with E-state index >= 15 is 0 Å². The Labute approximate surface area is 129 Å². The van der Waals surface area contributed by atoms with E-state index in [2.05, 4.69) is 10.4 Å². The lowest BCUT2D eigenvalue weighted by Crippen LogP contribution is -2.20. The molecular weight excluding hydrogens is 347 g/mol. The summed E-state index contributed by atoms with van der Waals surface area (Å²) >= 11 is 0. The van der Waals surface area contributed by atoms with E-state index in [1.807, 2.05) is 0 Å². The van der Waals surface area contributed by atoms with Crippen LogP contribution in [0.1, 0.15) is 18.9 Å². The summed E-state index contributed by atoms with van der Waals surface area (Å²) in [5.74, 6) is -10.8. The number of halogens is 7. The van der Waals surface area contributed by atoms with Gasteiger partial charge in [0.1, 0.15) is 17.1 Å². The van der Waals surface area contributed by atoms with Gasteiger partial charge in [0.15, 0.2) is 23.3 Å². The maximum atomic E-state index is 13.9.